The Hall–Kier alpha value is -2.22. The fraction of sp³-hybridized carbons (Fsp3) is 0.154. The molecule has 1 N–H and O–H groups in total. The summed E-state index contributed by atoms with van der Waals surface area (Å²) in [6, 6.07) is 5.82. The molecular weight excluding hydrogens is 302 g/mol. The van der Waals surface area contributed by atoms with Crippen LogP contribution in [0.1, 0.15) is 5.69 Å². The number of rotatable bonds is 4. The number of halogens is 2. The summed E-state index contributed by atoms with van der Waals surface area (Å²) in [4.78, 5) is 3.23. The van der Waals surface area contributed by atoms with Crippen LogP contribution in [-0.4, -0.2) is 20.5 Å². The Labute approximate surface area is 120 Å². The number of sulfonamides is 1. The predicted molar refractivity (Wildman–Crippen MR) is 72.7 cm³/mol. The molecule has 0 unspecified atom stereocenters. The van der Waals surface area contributed by atoms with Gasteiger partial charge < -0.3 is 4.74 Å². The van der Waals surface area contributed by atoms with Crippen LogP contribution in [0, 0.1) is 18.6 Å². The fourth-order valence-corrected chi connectivity index (χ4v) is 2.86. The van der Waals surface area contributed by atoms with Gasteiger partial charge in [0.05, 0.1) is 18.5 Å². The van der Waals surface area contributed by atoms with Crippen molar-refractivity contribution in [1.29, 1.82) is 0 Å². The Bertz CT molecular complexity index is 779. The second-order valence-corrected chi connectivity index (χ2v) is 5.79. The van der Waals surface area contributed by atoms with Crippen LogP contribution in [0.15, 0.2) is 35.2 Å². The zero-order valence-corrected chi connectivity index (χ0v) is 12.0. The molecule has 0 saturated heterocycles. The molecule has 1 aromatic heterocycles. The number of aryl methyl sites for hydroxylation is 1. The normalized spacial score (nSPS) is 11.2. The number of anilines is 1. The number of aromatic nitrogens is 1. The number of pyridine rings is 1. The third-order valence-corrected chi connectivity index (χ3v) is 4.10. The zero-order chi connectivity index (χ0) is 15.6. The van der Waals surface area contributed by atoms with E-state index in [4.69, 9.17) is 4.74 Å². The van der Waals surface area contributed by atoms with E-state index in [1.807, 2.05) is 0 Å². The molecule has 0 spiro atoms. The van der Waals surface area contributed by atoms with Gasteiger partial charge in [-0.3, -0.25) is 4.72 Å². The first-order chi connectivity index (χ1) is 9.85. The molecule has 1 aromatic carbocycles. The van der Waals surface area contributed by atoms with E-state index in [-0.39, 0.29) is 5.69 Å². The van der Waals surface area contributed by atoms with Gasteiger partial charge >= 0.3 is 0 Å². The van der Waals surface area contributed by atoms with Gasteiger partial charge in [0.15, 0.2) is 11.6 Å². The lowest BCUT2D eigenvalue weighted by Crippen LogP contribution is -2.16. The van der Waals surface area contributed by atoms with Crippen LogP contribution in [0.5, 0.6) is 5.88 Å². The molecule has 0 amide bonds. The summed E-state index contributed by atoms with van der Waals surface area (Å²) in [5, 5.41) is 0. The van der Waals surface area contributed by atoms with Crippen molar-refractivity contribution < 1.29 is 21.9 Å². The molecule has 112 valence electrons. The van der Waals surface area contributed by atoms with E-state index in [1.54, 1.807) is 6.92 Å². The molecule has 0 aliphatic rings. The third kappa shape index (κ3) is 3.10. The number of methoxy groups -OCH3 is 1. The Morgan fingerprint density at radius 1 is 1.19 bits per heavy atom. The second-order valence-electron chi connectivity index (χ2n) is 4.14. The first kappa shape index (κ1) is 15.2. The van der Waals surface area contributed by atoms with Crippen LogP contribution in [0.4, 0.5) is 14.5 Å². The SMILES string of the molecule is COc1ccc(NS(=O)(=O)c2cccc(F)c2F)c(C)n1. The van der Waals surface area contributed by atoms with Gasteiger partial charge in [0.1, 0.15) is 4.90 Å². The maximum absolute atomic E-state index is 13.6. The van der Waals surface area contributed by atoms with E-state index in [2.05, 4.69) is 9.71 Å². The van der Waals surface area contributed by atoms with Crippen LogP contribution in [0.25, 0.3) is 0 Å². The molecule has 21 heavy (non-hydrogen) atoms. The van der Waals surface area contributed by atoms with Crippen LogP contribution < -0.4 is 9.46 Å². The van der Waals surface area contributed by atoms with Gasteiger partial charge in [0, 0.05) is 6.07 Å². The first-order valence-electron chi connectivity index (χ1n) is 5.83. The Kier molecular flexibility index (Phi) is 4.08. The smallest absolute Gasteiger partial charge is 0.264 e. The van der Waals surface area contributed by atoms with Gasteiger partial charge in [0.25, 0.3) is 10.0 Å². The van der Waals surface area contributed by atoms with Crippen molar-refractivity contribution in [3.05, 3.63) is 47.7 Å². The largest absolute Gasteiger partial charge is 0.481 e. The highest BCUT2D eigenvalue weighted by Gasteiger charge is 2.22. The van der Waals surface area contributed by atoms with Crippen LogP contribution >= 0.6 is 0 Å². The molecule has 0 atom stereocenters. The highest BCUT2D eigenvalue weighted by Crippen LogP contribution is 2.23. The first-order valence-corrected chi connectivity index (χ1v) is 7.32. The van der Waals surface area contributed by atoms with Crippen LogP contribution in [0.2, 0.25) is 0 Å². The van der Waals surface area contributed by atoms with E-state index >= 15 is 0 Å². The second kappa shape index (κ2) is 5.65. The minimum atomic E-state index is -4.25. The van der Waals surface area contributed by atoms with Crippen LogP contribution in [-0.2, 0) is 10.0 Å². The zero-order valence-electron chi connectivity index (χ0n) is 11.2. The van der Waals surface area contributed by atoms with Gasteiger partial charge in [-0.05, 0) is 25.1 Å². The monoisotopic (exact) mass is 314 g/mol. The van der Waals surface area contributed by atoms with Gasteiger partial charge in [-0.25, -0.2) is 22.2 Å². The Morgan fingerprint density at radius 2 is 1.90 bits per heavy atom. The molecule has 0 aliphatic carbocycles. The Morgan fingerprint density at radius 3 is 2.52 bits per heavy atom. The quantitative estimate of drug-likeness (QED) is 0.941. The van der Waals surface area contributed by atoms with Crippen molar-refractivity contribution in [1.82, 2.24) is 4.98 Å². The van der Waals surface area contributed by atoms with Gasteiger partial charge in [-0.15, -0.1) is 0 Å². The van der Waals surface area contributed by atoms with E-state index in [1.165, 1.54) is 19.2 Å². The lowest BCUT2D eigenvalue weighted by atomic mass is 10.3. The van der Waals surface area contributed by atoms with Crippen LogP contribution in [0.3, 0.4) is 0 Å². The van der Waals surface area contributed by atoms with Crippen molar-refractivity contribution in [2.45, 2.75) is 11.8 Å². The summed E-state index contributed by atoms with van der Waals surface area (Å²) in [6.07, 6.45) is 0. The minimum Gasteiger partial charge on any atom is -0.481 e. The van der Waals surface area contributed by atoms with Crippen molar-refractivity contribution in [2.24, 2.45) is 0 Å². The number of hydrogen-bond acceptors (Lipinski definition) is 4. The highest BCUT2D eigenvalue weighted by molar-refractivity contribution is 7.92. The summed E-state index contributed by atoms with van der Waals surface area (Å²) in [5.74, 6) is -2.35. The molecule has 1 heterocycles. The number of hydrogen-bond donors (Lipinski definition) is 1. The molecule has 0 aliphatic heterocycles. The van der Waals surface area contributed by atoms with Crippen molar-refractivity contribution in [3.8, 4) is 5.88 Å². The van der Waals surface area contributed by atoms with Gasteiger partial charge in [-0.1, -0.05) is 6.07 Å². The molecule has 0 radical (unpaired) electrons. The number of ether oxygens (including phenoxy) is 1. The molecule has 0 fully saturated rings. The van der Waals surface area contributed by atoms with Crippen molar-refractivity contribution in [3.63, 3.8) is 0 Å². The van der Waals surface area contributed by atoms with Gasteiger partial charge in [-0.2, -0.15) is 0 Å². The summed E-state index contributed by atoms with van der Waals surface area (Å²) < 4.78 is 58.0. The molecule has 8 heteroatoms. The number of nitrogens with zero attached hydrogens (tertiary/aromatic N) is 1. The summed E-state index contributed by atoms with van der Waals surface area (Å²) in [7, 11) is -2.83. The predicted octanol–water partition coefficient (Wildman–Crippen LogP) is 2.48. The molecule has 0 saturated carbocycles. The van der Waals surface area contributed by atoms with Gasteiger partial charge in [0.2, 0.25) is 5.88 Å². The summed E-state index contributed by atoms with van der Waals surface area (Å²) in [6.45, 7) is 1.56. The topological polar surface area (TPSA) is 68.3 Å². The molecular formula is C13H12F2N2O3S. The number of nitrogens with one attached hydrogen (secondary N) is 1. The average Bonchev–Trinajstić information content (AvgIpc) is 2.43. The number of benzene rings is 1. The summed E-state index contributed by atoms with van der Waals surface area (Å²) in [5.41, 5.74) is 0.495. The van der Waals surface area contributed by atoms with Crippen molar-refractivity contribution in [2.75, 3.05) is 11.8 Å². The van der Waals surface area contributed by atoms with Crippen molar-refractivity contribution >= 4 is 15.7 Å². The standard InChI is InChI=1S/C13H12F2N2O3S/c1-8-10(6-7-12(16-8)20-2)17-21(18,19)11-5-3-4-9(14)13(11)15/h3-7,17H,1-2H3. The average molecular weight is 314 g/mol. The fourth-order valence-electron chi connectivity index (χ4n) is 1.65. The third-order valence-electron chi connectivity index (χ3n) is 2.72. The van der Waals surface area contributed by atoms with E-state index in [9.17, 15) is 17.2 Å². The van der Waals surface area contributed by atoms with E-state index < -0.39 is 26.6 Å². The van der Waals surface area contributed by atoms with E-state index in [0.717, 1.165) is 18.2 Å². The lowest BCUT2D eigenvalue weighted by molar-refractivity contribution is 0.397. The Balaban J connectivity index is 2.40. The molecule has 0 bridgehead atoms. The van der Waals surface area contributed by atoms with E-state index in [0.29, 0.717) is 11.6 Å². The maximum Gasteiger partial charge on any atom is 0.264 e. The summed E-state index contributed by atoms with van der Waals surface area (Å²) >= 11 is 0. The molecule has 2 rings (SSSR count). The molecule has 2 aromatic rings. The lowest BCUT2D eigenvalue weighted by Gasteiger charge is -2.11. The highest BCUT2D eigenvalue weighted by atomic mass is 32.2. The maximum atomic E-state index is 13.6. The molecule has 5 nitrogen and oxygen atoms in total. The minimum absolute atomic E-state index is 0.152.